The van der Waals surface area contributed by atoms with Gasteiger partial charge >= 0.3 is 5.97 Å². The molecule has 5 heteroatoms. The molecule has 0 aromatic carbocycles. The highest BCUT2D eigenvalue weighted by atomic mass is 32.1. The molecule has 3 N–H and O–H groups in total. The van der Waals surface area contributed by atoms with Gasteiger partial charge in [0.25, 0.3) is 0 Å². The van der Waals surface area contributed by atoms with Gasteiger partial charge in [0.2, 0.25) is 0 Å². The lowest BCUT2D eigenvalue weighted by Gasteiger charge is -2.04. The van der Waals surface area contributed by atoms with Gasteiger partial charge in [0, 0.05) is 11.8 Å². The van der Waals surface area contributed by atoms with E-state index in [1.54, 1.807) is 0 Å². The van der Waals surface area contributed by atoms with Crippen LogP contribution in [-0.2, 0) is 11.2 Å². The molecule has 0 aliphatic rings. The fraction of sp³-hybridized carbons (Fsp3) is 0.600. The lowest BCUT2D eigenvalue weighted by molar-refractivity contribution is -0.136. The van der Waals surface area contributed by atoms with E-state index in [1.807, 2.05) is 5.38 Å². The van der Waals surface area contributed by atoms with Gasteiger partial charge in [0.15, 0.2) is 0 Å². The van der Waals surface area contributed by atoms with Gasteiger partial charge in [-0.2, -0.15) is 0 Å². The number of aromatic nitrogens is 1. The van der Waals surface area contributed by atoms with Crippen molar-refractivity contribution in [2.75, 3.05) is 0 Å². The van der Waals surface area contributed by atoms with Crippen LogP contribution in [0.3, 0.4) is 0 Å². The molecular weight excluding hydrogens is 212 g/mol. The Kier molecular flexibility index (Phi) is 4.71. The number of aryl methyl sites for hydroxylation is 1. The lowest BCUT2D eigenvalue weighted by atomic mass is 10.2. The van der Waals surface area contributed by atoms with Crippen molar-refractivity contribution in [1.82, 2.24) is 4.98 Å². The summed E-state index contributed by atoms with van der Waals surface area (Å²) in [6.45, 7) is 2.08. The molecule has 0 saturated carbocycles. The molecule has 84 valence electrons. The Morgan fingerprint density at radius 3 is 3.07 bits per heavy atom. The number of hydrogen-bond acceptors (Lipinski definition) is 4. The third-order valence-corrected chi connectivity index (χ3v) is 3.11. The summed E-state index contributed by atoms with van der Waals surface area (Å²) in [5, 5.41) is 11.3. The van der Waals surface area contributed by atoms with E-state index in [-0.39, 0.29) is 12.5 Å². The molecule has 0 fully saturated rings. The second-order valence-corrected chi connectivity index (χ2v) is 4.36. The Balaban J connectivity index is 2.51. The van der Waals surface area contributed by atoms with Crippen molar-refractivity contribution in [3.8, 4) is 0 Å². The number of carbonyl (C=O) groups is 1. The van der Waals surface area contributed by atoms with Crippen molar-refractivity contribution in [1.29, 1.82) is 0 Å². The average Bonchev–Trinajstić information content (AvgIpc) is 2.63. The third-order valence-electron chi connectivity index (χ3n) is 2.08. The van der Waals surface area contributed by atoms with Crippen LogP contribution in [0.1, 0.15) is 42.9 Å². The van der Waals surface area contributed by atoms with Gasteiger partial charge in [0.05, 0.1) is 18.2 Å². The van der Waals surface area contributed by atoms with Gasteiger partial charge in [-0.15, -0.1) is 11.3 Å². The van der Waals surface area contributed by atoms with Crippen molar-refractivity contribution in [2.24, 2.45) is 5.73 Å². The first kappa shape index (κ1) is 12.1. The number of rotatable bonds is 6. The van der Waals surface area contributed by atoms with Crippen molar-refractivity contribution < 1.29 is 9.90 Å². The van der Waals surface area contributed by atoms with Crippen LogP contribution in [0, 0.1) is 0 Å². The van der Waals surface area contributed by atoms with Crippen LogP contribution < -0.4 is 5.73 Å². The summed E-state index contributed by atoms with van der Waals surface area (Å²) >= 11 is 1.52. The monoisotopic (exact) mass is 228 g/mol. The summed E-state index contributed by atoms with van der Waals surface area (Å²) in [6, 6.07) is -0.00132. The topological polar surface area (TPSA) is 76.2 Å². The number of nitrogens with zero attached hydrogens (tertiary/aromatic N) is 1. The highest BCUT2D eigenvalue weighted by Crippen LogP contribution is 2.20. The zero-order valence-electron chi connectivity index (χ0n) is 8.77. The van der Waals surface area contributed by atoms with Gasteiger partial charge in [0.1, 0.15) is 5.01 Å². The summed E-state index contributed by atoms with van der Waals surface area (Å²) < 4.78 is 0. The van der Waals surface area contributed by atoms with Gasteiger partial charge < -0.3 is 10.8 Å². The molecule has 1 rings (SSSR count). The molecule has 0 bridgehead atoms. The summed E-state index contributed by atoms with van der Waals surface area (Å²) in [6.07, 6.45) is 2.58. The minimum absolute atomic E-state index is 0.00132. The predicted molar refractivity (Wildman–Crippen MR) is 59.9 cm³/mol. The average molecular weight is 228 g/mol. The number of nitrogens with two attached hydrogens (primary N) is 1. The standard InChI is InChI=1S/C10H16N2O2S/c1-2-3-8(11)10-12-7(6-15-10)4-5-9(13)14/h6,8H,2-5,11H2,1H3,(H,13,14). The van der Waals surface area contributed by atoms with E-state index in [2.05, 4.69) is 11.9 Å². The highest BCUT2D eigenvalue weighted by molar-refractivity contribution is 7.09. The minimum Gasteiger partial charge on any atom is -0.481 e. The van der Waals surface area contributed by atoms with Gasteiger partial charge in [-0.1, -0.05) is 13.3 Å². The maximum Gasteiger partial charge on any atom is 0.303 e. The zero-order chi connectivity index (χ0) is 11.3. The Morgan fingerprint density at radius 1 is 1.73 bits per heavy atom. The first-order valence-corrected chi connectivity index (χ1v) is 5.93. The summed E-state index contributed by atoms with van der Waals surface area (Å²) in [5.74, 6) is -0.789. The quantitative estimate of drug-likeness (QED) is 0.780. The van der Waals surface area contributed by atoms with Crippen LogP contribution in [0.2, 0.25) is 0 Å². The number of thiazole rings is 1. The third kappa shape index (κ3) is 3.97. The fourth-order valence-electron chi connectivity index (χ4n) is 1.28. The molecule has 4 nitrogen and oxygen atoms in total. The Bertz CT molecular complexity index is 325. The molecule has 1 aromatic heterocycles. The van der Waals surface area contributed by atoms with Crippen LogP contribution in [0.15, 0.2) is 5.38 Å². The van der Waals surface area contributed by atoms with Crippen LogP contribution in [0.25, 0.3) is 0 Å². The number of aliphatic carboxylic acids is 1. The minimum atomic E-state index is -0.789. The smallest absolute Gasteiger partial charge is 0.303 e. The Labute approximate surface area is 93.1 Å². The van der Waals surface area contributed by atoms with Crippen LogP contribution in [0.4, 0.5) is 0 Å². The maximum atomic E-state index is 10.4. The lowest BCUT2D eigenvalue weighted by Crippen LogP contribution is -2.09. The molecule has 0 amide bonds. The highest BCUT2D eigenvalue weighted by Gasteiger charge is 2.10. The second-order valence-electron chi connectivity index (χ2n) is 3.47. The zero-order valence-corrected chi connectivity index (χ0v) is 9.59. The van der Waals surface area contributed by atoms with E-state index in [0.717, 1.165) is 23.5 Å². The first-order valence-electron chi connectivity index (χ1n) is 5.05. The molecule has 1 aromatic rings. The van der Waals surface area contributed by atoms with Crippen molar-refractivity contribution >= 4 is 17.3 Å². The van der Waals surface area contributed by atoms with Gasteiger partial charge in [-0.3, -0.25) is 4.79 Å². The molecule has 0 aliphatic carbocycles. The van der Waals surface area contributed by atoms with Crippen molar-refractivity contribution in [3.63, 3.8) is 0 Å². The molecule has 1 unspecified atom stereocenters. The molecule has 0 spiro atoms. The Hall–Kier alpha value is -0.940. The predicted octanol–water partition coefficient (Wildman–Crippen LogP) is 1.96. The van der Waals surface area contributed by atoms with Gasteiger partial charge in [-0.25, -0.2) is 4.98 Å². The van der Waals surface area contributed by atoms with E-state index >= 15 is 0 Å². The maximum absolute atomic E-state index is 10.4. The molecule has 15 heavy (non-hydrogen) atoms. The summed E-state index contributed by atoms with van der Waals surface area (Å²) in [7, 11) is 0. The molecule has 0 radical (unpaired) electrons. The number of hydrogen-bond donors (Lipinski definition) is 2. The van der Waals surface area contributed by atoms with E-state index in [0.29, 0.717) is 6.42 Å². The van der Waals surface area contributed by atoms with Crippen LogP contribution in [-0.4, -0.2) is 16.1 Å². The van der Waals surface area contributed by atoms with Crippen LogP contribution >= 0.6 is 11.3 Å². The molecule has 0 aliphatic heterocycles. The molecular formula is C10H16N2O2S. The number of carboxylic acid groups (broad SMARTS) is 1. The summed E-state index contributed by atoms with van der Waals surface area (Å²) in [4.78, 5) is 14.7. The second kappa shape index (κ2) is 5.82. The molecule has 1 heterocycles. The molecule has 1 atom stereocenters. The summed E-state index contributed by atoms with van der Waals surface area (Å²) in [5.41, 5.74) is 6.74. The first-order chi connectivity index (χ1) is 7.13. The van der Waals surface area contributed by atoms with Crippen LogP contribution in [0.5, 0.6) is 0 Å². The van der Waals surface area contributed by atoms with E-state index in [4.69, 9.17) is 10.8 Å². The van der Waals surface area contributed by atoms with Crippen molar-refractivity contribution in [2.45, 2.75) is 38.6 Å². The van der Waals surface area contributed by atoms with E-state index in [9.17, 15) is 4.79 Å². The van der Waals surface area contributed by atoms with Crippen molar-refractivity contribution in [3.05, 3.63) is 16.1 Å². The van der Waals surface area contributed by atoms with E-state index < -0.39 is 5.97 Å². The normalized spacial score (nSPS) is 12.7. The SMILES string of the molecule is CCCC(N)c1nc(CCC(=O)O)cs1. The number of carboxylic acids is 1. The van der Waals surface area contributed by atoms with Gasteiger partial charge in [-0.05, 0) is 6.42 Å². The molecule has 0 saturated heterocycles. The largest absolute Gasteiger partial charge is 0.481 e. The Morgan fingerprint density at radius 2 is 2.47 bits per heavy atom. The fourth-order valence-corrected chi connectivity index (χ4v) is 2.17. The van der Waals surface area contributed by atoms with E-state index in [1.165, 1.54) is 11.3 Å².